The lowest BCUT2D eigenvalue weighted by molar-refractivity contribution is -0.119. The Balaban J connectivity index is 2.05. The number of hydrogen-bond donors (Lipinski definition) is 0. The number of likely N-dealkylation sites (N-methyl/N-ethyl adjacent to an activating group) is 1. The summed E-state index contributed by atoms with van der Waals surface area (Å²) in [5, 5.41) is 0. The molecule has 0 aliphatic carbocycles. The second kappa shape index (κ2) is 8.26. The molecule has 0 spiro atoms. The van der Waals surface area contributed by atoms with Crippen molar-refractivity contribution in [2.75, 3.05) is 36.5 Å². The van der Waals surface area contributed by atoms with Gasteiger partial charge in [0.15, 0.2) is 5.82 Å². The van der Waals surface area contributed by atoms with E-state index in [-0.39, 0.29) is 18.4 Å². The van der Waals surface area contributed by atoms with Gasteiger partial charge in [-0.3, -0.25) is 19.4 Å². The minimum Gasteiger partial charge on any atom is -0.309 e. The maximum Gasteiger partial charge on any atom is 0.263 e. The fourth-order valence-corrected chi connectivity index (χ4v) is 3.24. The Bertz CT molecular complexity index is 839. The van der Waals surface area contributed by atoms with Gasteiger partial charge in [-0.2, -0.15) is 0 Å². The molecule has 7 nitrogen and oxygen atoms in total. The highest BCUT2D eigenvalue weighted by atomic mass is 16.2. The number of hydrogen-bond acceptors (Lipinski definition) is 5. The highest BCUT2D eigenvalue weighted by Crippen LogP contribution is 2.38. The molecule has 0 saturated carbocycles. The monoisotopic (exact) mass is 367 g/mol. The number of rotatable bonds is 6. The van der Waals surface area contributed by atoms with Crippen LogP contribution in [0.2, 0.25) is 0 Å². The number of para-hydroxylation sites is 2. The summed E-state index contributed by atoms with van der Waals surface area (Å²) in [4.78, 5) is 39.7. The normalized spacial score (nSPS) is 13.4. The predicted octanol–water partition coefficient (Wildman–Crippen LogP) is 2.85. The molecule has 0 fully saturated rings. The van der Waals surface area contributed by atoms with Crippen LogP contribution in [0, 0.1) is 0 Å². The molecule has 1 aliphatic heterocycles. The molecule has 2 aromatic rings. The number of carbonyl (C=O) groups is 2. The van der Waals surface area contributed by atoms with E-state index in [9.17, 15) is 9.59 Å². The Morgan fingerprint density at radius 1 is 1.19 bits per heavy atom. The first-order valence-corrected chi connectivity index (χ1v) is 9.30. The summed E-state index contributed by atoms with van der Waals surface area (Å²) >= 11 is 0. The summed E-state index contributed by atoms with van der Waals surface area (Å²) in [5.41, 5.74) is 1.65. The second-order valence-corrected chi connectivity index (χ2v) is 6.56. The number of carbonyl (C=O) groups excluding carboxylic acids is 2. The molecule has 0 unspecified atom stereocenters. The van der Waals surface area contributed by atoms with Crippen molar-refractivity contribution in [3.05, 3.63) is 42.4 Å². The van der Waals surface area contributed by atoms with Crippen LogP contribution >= 0.6 is 0 Å². The molecule has 2 amide bonds. The predicted molar refractivity (Wildman–Crippen MR) is 105 cm³/mol. The Kier molecular flexibility index (Phi) is 5.81. The van der Waals surface area contributed by atoms with Crippen molar-refractivity contribution < 1.29 is 9.59 Å². The van der Waals surface area contributed by atoms with Gasteiger partial charge in [0.1, 0.15) is 11.9 Å². The second-order valence-electron chi connectivity index (χ2n) is 6.56. The molecule has 0 N–H and O–H groups in total. The summed E-state index contributed by atoms with van der Waals surface area (Å²) in [5.74, 6) is -0.00141. The molecule has 1 aliphatic rings. The number of benzene rings is 1. The fourth-order valence-electron chi connectivity index (χ4n) is 3.24. The van der Waals surface area contributed by atoms with Crippen molar-refractivity contribution in [2.24, 2.45) is 0 Å². The molecule has 1 aromatic carbocycles. The SMILES string of the molecule is CCCCN(CC)CC(=O)N1c2ccccc2N(C)C(=O)c2cncnc21. The zero-order valence-corrected chi connectivity index (χ0v) is 16.1. The molecular formula is C20H25N5O2. The van der Waals surface area contributed by atoms with Gasteiger partial charge in [0, 0.05) is 13.2 Å². The van der Waals surface area contributed by atoms with E-state index in [1.165, 1.54) is 12.5 Å². The molecule has 7 heteroatoms. The van der Waals surface area contributed by atoms with Gasteiger partial charge < -0.3 is 4.90 Å². The van der Waals surface area contributed by atoms with Crippen molar-refractivity contribution in [3.63, 3.8) is 0 Å². The van der Waals surface area contributed by atoms with E-state index < -0.39 is 0 Å². The molecule has 0 radical (unpaired) electrons. The third-order valence-electron chi connectivity index (χ3n) is 4.81. The van der Waals surface area contributed by atoms with Crippen molar-refractivity contribution in [2.45, 2.75) is 26.7 Å². The zero-order valence-electron chi connectivity index (χ0n) is 16.1. The van der Waals surface area contributed by atoms with Crippen LogP contribution in [0.5, 0.6) is 0 Å². The zero-order chi connectivity index (χ0) is 19.4. The Morgan fingerprint density at radius 2 is 1.93 bits per heavy atom. The average molecular weight is 367 g/mol. The first-order chi connectivity index (χ1) is 13.1. The molecule has 2 heterocycles. The Labute approximate surface area is 159 Å². The van der Waals surface area contributed by atoms with Crippen molar-refractivity contribution in [1.29, 1.82) is 0 Å². The molecule has 0 atom stereocenters. The number of fused-ring (bicyclic) bond motifs is 2. The van der Waals surface area contributed by atoms with Crippen LogP contribution in [0.15, 0.2) is 36.8 Å². The third-order valence-corrected chi connectivity index (χ3v) is 4.81. The minimum absolute atomic E-state index is 0.108. The van der Waals surface area contributed by atoms with E-state index >= 15 is 0 Å². The van der Waals surface area contributed by atoms with Gasteiger partial charge in [-0.15, -0.1) is 0 Å². The van der Waals surface area contributed by atoms with E-state index in [0.717, 1.165) is 25.9 Å². The van der Waals surface area contributed by atoms with Crippen LogP contribution in [-0.2, 0) is 4.79 Å². The topological polar surface area (TPSA) is 69.6 Å². The van der Waals surface area contributed by atoms with E-state index in [1.807, 2.05) is 31.2 Å². The Hall–Kier alpha value is -2.80. The third kappa shape index (κ3) is 3.68. The van der Waals surface area contributed by atoms with Gasteiger partial charge in [0.25, 0.3) is 5.91 Å². The number of unbranched alkanes of at least 4 members (excludes halogenated alkanes) is 1. The number of anilines is 3. The van der Waals surface area contributed by atoms with Gasteiger partial charge in [-0.25, -0.2) is 9.97 Å². The quantitative estimate of drug-likeness (QED) is 0.785. The Morgan fingerprint density at radius 3 is 2.63 bits per heavy atom. The van der Waals surface area contributed by atoms with Gasteiger partial charge in [-0.05, 0) is 31.6 Å². The summed E-state index contributed by atoms with van der Waals surface area (Å²) < 4.78 is 0. The van der Waals surface area contributed by atoms with E-state index in [4.69, 9.17) is 0 Å². The first-order valence-electron chi connectivity index (χ1n) is 9.30. The summed E-state index contributed by atoms with van der Waals surface area (Å²) in [6.45, 7) is 6.11. The van der Waals surface area contributed by atoms with Crippen LogP contribution in [0.25, 0.3) is 0 Å². The lowest BCUT2D eigenvalue weighted by Crippen LogP contribution is -2.39. The molecule has 142 valence electrons. The molecule has 3 rings (SSSR count). The van der Waals surface area contributed by atoms with Crippen LogP contribution in [0.1, 0.15) is 37.0 Å². The molecular weight excluding hydrogens is 342 g/mol. The number of nitrogens with zero attached hydrogens (tertiary/aromatic N) is 5. The summed E-state index contributed by atoms with van der Waals surface area (Å²) in [6, 6.07) is 7.39. The molecule has 27 heavy (non-hydrogen) atoms. The van der Waals surface area contributed by atoms with Crippen molar-refractivity contribution in [1.82, 2.24) is 14.9 Å². The largest absolute Gasteiger partial charge is 0.309 e. The summed E-state index contributed by atoms with van der Waals surface area (Å²) in [7, 11) is 1.70. The molecule has 1 aromatic heterocycles. The first kappa shape index (κ1) is 19.0. The number of aromatic nitrogens is 2. The van der Waals surface area contributed by atoms with E-state index in [1.54, 1.807) is 16.8 Å². The van der Waals surface area contributed by atoms with Gasteiger partial charge in [0.05, 0.1) is 17.9 Å². The van der Waals surface area contributed by atoms with Crippen LogP contribution in [-0.4, -0.2) is 53.4 Å². The maximum absolute atomic E-state index is 13.3. The highest BCUT2D eigenvalue weighted by Gasteiger charge is 2.33. The average Bonchev–Trinajstić information content (AvgIpc) is 2.79. The summed E-state index contributed by atoms with van der Waals surface area (Å²) in [6.07, 6.45) is 4.96. The minimum atomic E-state index is -0.230. The highest BCUT2D eigenvalue weighted by molar-refractivity contribution is 6.17. The number of amides is 2. The van der Waals surface area contributed by atoms with E-state index in [2.05, 4.69) is 21.8 Å². The maximum atomic E-state index is 13.3. The fraction of sp³-hybridized carbons (Fsp3) is 0.400. The van der Waals surface area contributed by atoms with Crippen LogP contribution < -0.4 is 9.80 Å². The van der Waals surface area contributed by atoms with Crippen molar-refractivity contribution in [3.8, 4) is 0 Å². The van der Waals surface area contributed by atoms with Crippen LogP contribution in [0.3, 0.4) is 0 Å². The van der Waals surface area contributed by atoms with Crippen LogP contribution in [0.4, 0.5) is 17.2 Å². The lowest BCUT2D eigenvalue weighted by atomic mass is 10.2. The smallest absolute Gasteiger partial charge is 0.263 e. The lowest BCUT2D eigenvalue weighted by Gasteiger charge is -2.27. The molecule has 0 bridgehead atoms. The standard InChI is InChI=1S/C20H25N5O2/c1-4-6-11-24(5-2)13-18(26)25-17-10-8-7-9-16(17)23(3)20(27)15-12-21-14-22-19(15)25/h7-10,12,14H,4-6,11,13H2,1-3H3. The van der Waals surface area contributed by atoms with Gasteiger partial charge in [0.2, 0.25) is 5.91 Å². The van der Waals surface area contributed by atoms with Gasteiger partial charge in [-0.1, -0.05) is 32.4 Å². The van der Waals surface area contributed by atoms with Gasteiger partial charge >= 0.3 is 0 Å². The van der Waals surface area contributed by atoms with E-state index in [0.29, 0.717) is 22.8 Å². The van der Waals surface area contributed by atoms with Crippen molar-refractivity contribution >= 4 is 29.0 Å². The molecule has 0 saturated heterocycles.